The first-order chi connectivity index (χ1) is 18.0. The van der Waals surface area contributed by atoms with E-state index in [0.29, 0.717) is 55.3 Å². The normalized spacial score (nSPS) is 21.7. The van der Waals surface area contributed by atoms with Crippen LogP contribution in [0.25, 0.3) is 16.9 Å². The molecule has 188 valence electrons. The zero-order valence-corrected chi connectivity index (χ0v) is 20.5. The predicted molar refractivity (Wildman–Crippen MR) is 137 cm³/mol. The van der Waals surface area contributed by atoms with E-state index in [4.69, 9.17) is 9.72 Å². The molecule has 1 unspecified atom stereocenters. The Morgan fingerprint density at radius 2 is 2.11 bits per heavy atom. The molecule has 0 bridgehead atoms. The molecule has 2 aliphatic rings. The molecule has 10 heteroatoms. The second kappa shape index (κ2) is 9.35. The topological polar surface area (TPSA) is 112 Å². The molecular weight excluding hydrogens is 470 g/mol. The number of morpholine rings is 1. The van der Waals surface area contributed by atoms with Crippen molar-refractivity contribution in [2.45, 2.75) is 25.0 Å². The number of aliphatic hydroxyl groups is 1. The molecule has 0 saturated carbocycles. The summed E-state index contributed by atoms with van der Waals surface area (Å²) in [5.41, 5.74) is 0.659. The average molecular weight is 498 g/mol. The number of pyridine rings is 1. The van der Waals surface area contributed by atoms with Gasteiger partial charge in [-0.25, -0.2) is 4.98 Å². The highest BCUT2D eigenvalue weighted by Crippen LogP contribution is 2.27. The maximum atomic E-state index is 12.9. The van der Waals surface area contributed by atoms with Gasteiger partial charge in [-0.15, -0.1) is 0 Å². The fourth-order valence-electron chi connectivity index (χ4n) is 4.86. The molecule has 0 aliphatic carbocycles. The van der Waals surface area contributed by atoms with Gasteiger partial charge in [-0.05, 0) is 25.1 Å². The predicted octanol–water partition coefficient (Wildman–Crippen LogP) is 2.00. The molecule has 6 rings (SSSR count). The van der Waals surface area contributed by atoms with E-state index in [0.717, 1.165) is 11.2 Å². The van der Waals surface area contributed by atoms with Crippen LogP contribution in [0.3, 0.4) is 0 Å². The van der Waals surface area contributed by atoms with Crippen LogP contribution in [-0.2, 0) is 4.74 Å². The number of ether oxygens (including phenoxy) is 1. The third-order valence-corrected chi connectivity index (χ3v) is 6.89. The summed E-state index contributed by atoms with van der Waals surface area (Å²) in [6.45, 7) is 4.65. The maximum Gasteiger partial charge on any atom is 0.253 e. The van der Waals surface area contributed by atoms with Crippen LogP contribution in [0.1, 0.15) is 29.3 Å². The van der Waals surface area contributed by atoms with Crippen molar-refractivity contribution in [1.29, 1.82) is 0 Å². The van der Waals surface area contributed by atoms with Crippen molar-refractivity contribution >= 4 is 22.8 Å². The molecule has 2 saturated heterocycles. The minimum Gasteiger partial charge on any atom is -0.377 e. The monoisotopic (exact) mass is 497 g/mol. The summed E-state index contributed by atoms with van der Waals surface area (Å²) in [5.74, 6) is 7.64. The highest BCUT2D eigenvalue weighted by molar-refractivity contribution is 5.94. The third kappa shape index (κ3) is 4.43. The summed E-state index contributed by atoms with van der Waals surface area (Å²) in [6.07, 6.45) is 3.77. The smallest absolute Gasteiger partial charge is 0.253 e. The Morgan fingerprint density at radius 1 is 1.24 bits per heavy atom. The largest absolute Gasteiger partial charge is 0.377 e. The lowest BCUT2D eigenvalue weighted by Crippen LogP contribution is -2.44. The molecule has 2 atom stereocenters. The number of nitrogens with zero attached hydrogens (tertiary/aromatic N) is 6. The lowest BCUT2D eigenvalue weighted by Gasteiger charge is -2.34. The molecule has 37 heavy (non-hydrogen) atoms. The Bertz CT molecular complexity index is 1490. The summed E-state index contributed by atoms with van der Waals surface area (Å²) in [6, 6.07) is 13.0. The SMILES string of the molecule is C[C@@H]1COCCN1c1cc(C#CC2(O)CCN(C(=O)c3ccccc3)C2)c2cnn(-c3ccn[nH]3)c2n1. The van der Waals surface area contributed by atoms with Gasteiger partial charge in [0.2, 0.25) is 0 Å². The average Bonchev–Trinajstić information content (AvgIpc) is 3.68. The fraction of sp³-hybridized carbons (Fsp3) is 0.333. The van der Waals surface area contributed by atoms with Gasteiger partial charge in [-0.1, -0.05) is 30.0 Å². The van der Waals surface area contributed by atoms with Crippen LogP contribution in [0.15, 0.2) is 54.9 Å². The van der Waals surface area contributed by atoms with Gasteiger partial charge >= 0.3 is 0 Å². The van der Waals surface area contributed by atoms with Gasteiger partial charge in [0.25, 0.3) is 5.91 Å². The minimum absolute atomic E-state index is 0.103. The van der Waals surface area contributed by atoms with Gasteiger partial charge in [0.1, 0.15) is 11.4 Å². The number of likely N-dealkylation sites (tertiary alicyclic amines) is 1. The van der Waals surface area contributed by atoms with E-state index in [1.54, 1.807) is 34.1 Å². The minimum atomic E-state index is -1.30. The van der Waals surface area contributed by atoms with Crippen LogP contribution < -0.4 is 4.90 Å². The Hall–Kier alpha value is -4.20. The van der Waals surface area contributed by atoms with Gasteiger partial charge < -0.3 is 19.6 Å². The van der Waals surface area contributed by atoms with E-state index in [9.17, 15) is 9.90 Å². The number of aromatic amines is 1. The number of anilines is 1. The third-order valence-electron chi connectivity index (χ3n) is 6.89. The number of rotatable bonds is 3. The van der Waals surface area contributed by atoms with E-state index in [1.807, 2.05) is 30.3 Å². The van der Waals surface area contributed by atoms with Crippen LogP contribution in [0.5, 0.6) is 0 Å². The van der Waals surface area contributed by atoms with Crippen molar-refractivity contribution < 1.29 is 14.6 Å². The fourth-order valence-corrected chi connectivity index (χ4v) is 4.86. The summed E-state index contributed by atoms with van der Waals surface area (Å²) in [7, 11) is 0. The molecule has 0 spiro atoms. The van der Waals surface area contributed by atoms with Crippen molar-refractivity contribution in [3.8, 4) is 17.7 Å². The van der Waals surface area contributed by atoms with Crippen LogP contribution in [0.2, 0.25) is 0 Å². The first kappa shape index (κ1) is 23.2. The maximum absolute atomic E-state index is 12.9. The Morgan fingerprint density at radius 3 is 2.89 bits per heavy atom. The van der Waals surface area contributed by atoms with Crippen molar-refractivity contribution in [1.82, 2.24) is 29.9 Å². The number of amides is 1. The van der Waals surface area contributed by atoms with Gasteiger partial charge in [-0.2, -0.15) is 14.9 Å². The van der Waals surface area contributed by atoms with E-state index in [-0.39, 0.29) is 18.5 Å². The first-order valence-corrected chi connectivity index (χ1v) is 12.3. The molecule has 5 heterocycles. The van der Waals surface area contributed by atoms with Crippen molar-refractivity contribution in [2.75, 3.05) is 37.7 Å². The van der Waals surface area contributed by atoms with Crippen molar-refractivity contribution in [2.24, 2.45) is 0 Å². The molecule has 2 fully saturated rings. The van der Waals surface area contributed by atoms with Crippen LogP contribution in [0, 0.1) is 11.8 Å². The number of aromatic nitrogens is 5. The number of β-amino-alcohol motifs (C(OH)–C–C–N with tert-alkyl or cyclic N) is 1. The molecule has 0 radical (unpaired) electrons. The molecule has 3 aromatic heterocycles. The first-order valence-electron chi connectivity index (χ1n) is 12.3. The highest BCUT2D eigenvalue weighted by atomic mass is 16.5. The quantitative estimate of drug-likeness (QED) is 0.417. The van der Waals surface area contributed by atoms with Crippen molar-refractivity contribution in [3.05, 3.63) is 66.0 Å². The Balaban J connectivity index is 1.36. The summed E-state index contributed by atoms with van der Waals surface area (Å²) < 4.78 is 7.32. The van der Waals surface area contributed by atoms with Gasteiger partial charge in [0, 0.05) is 36.7 Å². The number of hydrogen-bond donors (Lipinski definition) is 2. The highest BCUT2D eigenvalue weighted by Gasteiger charge is 2.37. The van der Waals surface area contributed by atoms with E-state index >= 15 is 0 Å². The number of carbonyl (C=O) groups excluding carboxylic acids is 1. The van der Waals surface area contributed by atoms with Crippen LogP contribution in [0.4, 0.5) is 5.82 Å². The van der Waals surface area contributed by atoms with Crippen LogP contribution in [-0.4, -0.2) is 85.4 Å². The van der Waals surface area contributed by atoms with Gasteiger partial charge in [-0.3, -0.25) is 9.89 Å². The molecule has 4 aromatic rings. The van der Waals surface area contributed by atoms with E-state index in [2.05, 4.69) is 39.0 Å². The Kier molecular flexibility index (Phi) is 5.87. The zero-order valence-electron chi connectivity index (χ0n) is 20.5. The lowest BCUT2D eigenvalue weighted by atomic mass is 10.0. The summed E-state index contributed by atoms with van der Waals surface area (Å²) >= 11 is 0. The standard InChI is InChI=1S/C27H27N7O3/c1-19-17-37-14-13-33(19)24-15-21(22-16-29-34(25(22)30-24)23-8-11-28-31-23)7-9-27(36)10-12-32(18-27)26(35)20-5-3-2-4-6-20/h2-6,8,11,15-16,19,36H,10,12-14,17-18H2,1H3,(H,28,31)/t19-,27?/m1/s1. The number of nitrogens with one attached hydrogen (secondary N) is 1. The molecule has 1 aromatic carbocycles. The number of fused-ring (bicyclic) bond motifs is 1. The molecule has 1 amide bonds. The summed E-state index contributed by atoms with van der Waals surface area (Å²) in [5, 5.41) is 23.5. The zero-order chi connectivity index (χ0) is 25.4. The molecular formula is C27H27N7O3. The lowest BCUT2D eigenvalue weighted by molar-refractivity contribution is 0.0707. The number of carbonyl (C=O) groups is 1. The van der Waals surface area contributed by atoms with E-state index in [1.165, 1.54) is 0 Å². The molecule has 2 N–H and O–H groups in total. The number of benzene rings is 1. The van der Waals surface area contributed by atoms with Crippen molar-refractivity contribution in [3.63, 3.8) is 0 Å². The van der Waals surface area contributed by atoms with Gasteiger partial charge in [0.05, 0.1) is 43.6 Å². The number of hydrogen-bond acceptors (Lipinski definition) is 7. The second-order valence-corrected chi connectivity index (χ2v) is 9.51. The molecule has 2 aliphatic heterocycles. The molecule has 10 nitrogen and oxygen atoms in total. The second-order valence-electron chi connectivity index (χ2n) is 9.51. The van der Waals surface area contributed by atoms with E-state index < -0.39 is 5.60 Å². The Labute approximate surface area is 213 Å². The van der Waals surface area contributed by atoms with Gasteiger partial charge in [0.15, 0.2) is 11.5 Å². The summed E-state index contributed by atoms with van der Waals surface area (Å²) in [4.78, 5) is 21.7. The number of H-pyrrole nitrogens is 1. The van der Waals surface area contributed by atoms with Crippen LogP contribution >= 0.6 is 0 Å².